The van der Waals surface area contributed by atoms with Gasteiger partial charge in [-0.05, 0) is 55.2 Å². The number of nitrogens with two attached hydrogens (primary N) is 1. The molecule has 0 fully saturated rings. The van der Waals surface area contributed by atoms with Gasteiger partial charge < -0.3 is 5.73 Å². The third kappa shape index (κ3) is 1.80. The molecule has 0 aromatic rings. The summed E-state index contributed by atoms with van der Waals surface area (Å²) in [7, 11) is 0. The Morgan fingerprint density at radius 3 is 3.12 bits per heavy atom. The number of allylic oxidation sites excluding steroid dienone is 6. The molecule has 2 N–H and O–H groups in total. The van der Waals surface area contributed by atoms with Gasteiger partial charge >= 0.3 is 0 Å². The molecule has 3 aliphatic carbocycles. The maximum atomic E-state index is 6.02. The Morgan fingerprint density at radius 2 is 2.19 bits per heavy atom. The second-order valence-corrected chi connectivity index (χ2v) is 5.13. The van der Waals surface area contributed by atoms with E-state index in [1.807, 2.05) is 0 Å². The summed E-state index contributed by atoms with van der Waals surface area (Å²) in [5, 5.41) is 0. The summed E-state index contributed by atoms with van der Waals surface area (Å²) in [5.41, 5.74) is 12.2. The third-order valence-electron chi connectivity index (χ3n) is 3.85. The summed E-state index contributed by atoms with van der Waals surface area (Å²) in [4.78, 5) is 0. The Bertz CT molecular complexity index is 421. The first-order valence-corrected chi connectivity index (χ1v) is 6.37. The first-order valence-electron chi connectivity index (χ1n) is 6.37. The minimum Gasteiger partial charge on any atom is -0.327 e. The number of hydrogen-bond acceptors (Lipinski definition) is 1. The number of hydrogen-bond donors (Lipinski definition) is 1. The molecule has 0 spiro atoms. The predicted octanol–water partition coefficient (Wildman–Crippen LogP) is 3.40. The van der Waals surface area contributed by atoms with Gasteiger partial charge in [-0.15, -0.1) is 0 Å². The molecule has 1 unspecified atom stereocenters. The zero-order valence-corrected chi connectivity index (χ0v) is 9.71. The highest BCUT2D eigenvalue weighted by Crippen LogP contribution is 2.37. The van der Waals surface area contributed by atoms with Gasteiger partial charge in [-0.25, -0.2) is 0 Å². The molecule has 1 atom stereocenters. The molecule has 1 nitrogen and oxygen atoms in total. The average molecular weight is 213 g/mol. The molecule has 0 saturated heterocycles. The van der Waals surface area contributed by atoms with Crippen LogP contribution in [0.4, 0.5) is 0 Å². The first kappa shape index (κ1) is 10.1. The van der Waals surface area contributed by atoms with Crippen molar-refractivity contribution in [3.05, 3.63) is 46.6 Å². The first-order chi connectivity index (χ1) is 7.83. The van der Waals surface area contributed by atoms with Gasteiger partial charge in [0.1, 0.15) is 0 Å². The van der Waals surface area contributed by atoms with Crippen LogP contribution in [0.2, 0.25) is 0 Å². The van der Waals surface area contributed by atoms with Crippen molar-refractivity contribution < 1.29 is 0 Å². The van der Waals surface area contributed by atoms with E-state index in [4.69, 9.17) is 5.73 Å². The largest absolute Gasteiger partial charge is 0.327 e. The van der Waals surface area contributed by atoms with Crippen LogP contribution >= 0.6 is 0 Å². The lowest BCUT2D eigenvalue weighted by atomic mass is 9.80. The van der Waals surface area contributed by atoms with Gasteiger partial charge in [0, 0.05) is 6.04 Å². The monoisotopic (exact) mass is 213 g/mol. The summed E-state index contributed by atoms with van der Waals surface area (Å²) in [6.45, 7) is 0. The Labute approximate surface area is 97.4 Å². The molecule has 0 heterocycles. The van der Waals surface area contributed by atoms with Crippen molar-refractivity contribution in [2.45, 2.75) is 44.6 Å². The third-order valence-corrected chi connectivity index (χ3v) is 3.85. The fraction of sp³-hybridized carbons (Fsp3) is 0.467. The van der Waals surface area contributed by atoms with Gasteiger partial charge in [0.25, 0.3) is 0 Å². The van der Waals surface area contributed by atoms with Gasteiger partial charge in [0.05, 0.1) is 0 Å². The molecule has 0 amide bonds. The van der Waals surface area contributed by atoms with E-state index in [1.165, 1.54) is 36.8 Å². The van der Waals surface area contributed by atoms with Crippen LogP contribution in [0.1, 0.15) is 38.5 Å². The van der Waals surface area contributed by atoms with Crippen LogP contribution in [0.5, 0.6) is 0 Å². The summed E-state index contributed by atoms with van der Waals surface area (Å²) in [6, 6.07) is 0.340. The SMILES string of the molecule is NC1CC=C2CC3=C(C=CCCC3)C=C2C1. The molecular weight excluding hydrogens is 194 g/mol. The molecule has 84 valence electrons. The molecule has 0 aromatic heterocycles. The zero-order valence-electron chi connectivity index (χ0n) is 9.71. The van der Waals surface area contributed by atoms with Crippen molar-refractivity contribution in [3.63, 3.8) is 0 Å². The van der Waals surface area contributed by atoms with Gasteiger partial charge in [-0.3, -0.25) is 0 Å². The molecule has 1 heteroatoms. The number of rotatable bonds is 0. The smallest absolute Gasteiger partial charge is 0.0114 e. The van der Waals surface area contributed by atoms with Crippen LogP contribution in [0.3, 0.4) is 0 Å². The number of fused-ring (bicyclic) bond motifs is 1. The second-order valence-electron chi connectivity index (χ2n) is 5.13. The molecule has 0 radical (unpaired) electrons. The van der Waals surface area contributed by atoms with Crippen molar-refractivity contribution in [2.75, 3.05) is 0 Å². The van der Waals surface area contributed by atoms with E-state index in [1.54, 1.807) is 11.1 Å². The van der Waals surface area contributed by atoms with Crippen molar-refractivity contribution in [2.24, 2.45) is 5.73 Å². The highest BCUT2D eigenvalue weighted by molar-refractivity contribution is 5.52. The molecule has 0 aliphatic heterocycles. The standard InChI is InChI=1S/C15H19N/c16-15-7-6-13-8-11-4-2-1-3-5-12(11)9-14(13)10-15/h3,5-6,9,15H,1-2,4,7-8,10,16H2. The highest BCUT2D eigenvalue weighted by atomic mass is 14.6. The summed E-state index contributed by atoms with van der Waals surface area (Å²) in [5.74, 6) is 0. The Morgan fingerprint density at radius 1 is 1.25 bits per heavy atom. The summed E-state index contributed by atoms with van der Waals surface area (Å²) < 4.78 is 0. The predicted molar refractivity (Wildman–Crippen MR) is 68.0 cm³/mol. The molecule has 0 aromatic carbocycles. The normalized spacial score (nSPS) is 28.9. The highest BCUT2D eigenvalue weighted by Gasteiger charge is 2.21. The van der Waals surface area contributed by atoms with Crippen molar-refractivity contribution in [3.8, 4) is 0 Å². The van der Waals surface area contributed by atoms with Crippen molar-refractivity contribution in [1.29, 1.82) is 0 Å². The van der Waals surface area contributed by atoms with E-state index in [0.29, 0.717) is 6.04 Å². The Kier molecular flexibility index (Phi) is 2.56. The lowest BCUT2D eigenvalue weighted by Gasteiger charge is -2.27. The Balaban J connectivity index is 1.97. The maximum absolute atomic E-state index is 6.02. The van der Waals surface area contributed by atoms with E-state index >= 15 is 0 Å². The lowest BCUT2D eigenvalue weighted by Crippen LogP contribution is -2.24. The summed E-state index contributed by atoms with van der Waals surface area (Å²) in [6.07, 6.45) is 16.5. The topological polar surface area (TPSA) is 26.0 Å². The van der Waals surface area contributed by atoms with Gasteiger partial charge in [0.2, 0.25) is 0 Å². The summed E-state index contributed by atoms with van der Waals surface area (Å²) >= 11 is 0. The lowest BCUT2D eigenvalue weighted by molar-refractivity contribution is 0.645. The maximum Gasteiger partial charge on any atom is 0.0114 e. The van der Waals surface area contributed by atoms with Gasteiger partial charge in [-0.1, -0.05) is 29.9 Å². The Hall–Kier alpha value is -1.08. The van der Waals surface area contributed by atoms with Crippen molar-refractivity contribution in [1.82, 2.24) is 0 Å². The van der Waals surface area contributed by atoms with Crippen LogP contribution in [0, 0.1) is 0 Å². The quantitative estimate of drug-likeness (QED) is 0.655. The van der Waals surface area contributed by atoms with Gasteiger partial charge in [0.15, 0.2) is 0 Å². The second kappa shape index (κ2) is 4.06. The van der Waals surface area contributed by atoms with Crippen LogP contribution < -0.4 is 5.73 Å². The molecule has 3 aliphatic rings. The van der Waals surface area contributed by atoms with Crippen LogP contribution in [0.15, 0.2) is 46.6 Å². The van der Waals surface area contributed by atoms with Crippen LogP contribution in [-0.2, 0) is 0 Å². The van der Waals surface area contributed by atoms with Gasteiger partial charge in [-0.2, -0.15) is 0 Å². The fourth-order valence-corrected chi connectivity index (χ4v) is 2.92. The molecule has 0 saturated carbocycles. The van der Waals surface area contributed by atoms with E-state index in [-0.39, 0.29) is 0 Å². The van der Waals surface area contributed by atoms with Crippen molar-refractivity contribution >= 4 is 0 Å². The minimum atomic E-state index is 0.340. The average Bonchev–Trinajstić information content (AvgIpc) is 2.50. The van der Waals surface area contributed by atoms with Crippen LogP contribution in [0.25, 0.3) is 0 Å². The van der Waals surface area contributed by atoms with Crippen LogP contribution in [-0.4, -0.2) is 6.04 Å². The fourth-order valence-electron chi connectivity index (χ4n) is 2.92. The van der Waals surface area contributed by atoms with E-state index < -0.39 is 0 Å². The minimum absolute atomic E-state index is 0.340. The molecule has 3 rings (SSSR count). The molecular formula is C15H19N. The van der Waals surface area contributed by atoms with E-state index in [2.05, 4.69) is 24.3 Å². The zero-order chi connectivity index (χ0) is 11.0. The van der Waals surface area contributed by atoms with E-state index in [9.17, 15) is 0 Å². The van der Waals surface area contributed by atoms with E-state index in [0.717, 1.165) is 12.8 Å². The molecule has 0 bridgehead atoms. The molecule has 16 heavy (non-hydrogen) atoms.